The van der Waals surface area contributed by atoms with E-state index in [0.29, 0.717) is 17.5 Å². The van der Waals surface area contributed by atoms with Crippen molar-refractivity contribution in [2.45, 2.75) is 44.8 Å². The van der Waals surface area contributed by atoms with Gasteiger partial charge in [-0.25, -0.2) is 0 Å². The summed E-state index contributed by atoms with van der Waals surface area (Å²) in [6, 6.07) is 7.57. The van der Waals surface area contributed by atoms with Crippen molar-refractivity contribution in [3.63, 3.8) is 0 Å². The van der Waals surface area contributed by atoms with Gasteiger partial charge in [0.2, 0.25) is 5.91 Å². The van der Waals surface area contributed by atoms with E-state index in [2.05, 4.69) is 10.2 Å². The molecule has 1 amide bonds. The van der Waals surface area contributed by atoms with Crippen LogP contribution in [-0.4, -0.2) is 41.1 Å². The predicted octanol–water partition coefficient (Wildman–Crippen LogP) is 2.90. The van der Waals surface area contributed by atoms with Gasteiger partial charge in [0.25, 0.3) is 0 Å². The van der Waals surface area contributed by atoms with Crippen LogP contribution in [0.2, 0.25) is 5.02 Å². The topological polar surface area (TPSA) is 52.6 Å². The molecule has 1 aliphatic heterocycles. The highest BCUT2D eigenvalue weighted by molar-refractivity contribution is 6.30. The van der Waals surface area contributed by atoms with E-state index in [1.54, 1.807) is 12.1 Å². The van der Waals surface area contributed by atoms with Crippen LogP contribution in [-0.2, 0) is 4.79 Å². The third-order valence-corrected chi connectivity index (χ3v) is 4.08. The third kappa shape index (κ3) is 5.30. The number of hydrogen-bond acceptors (Lipinski definition) is 3. The second-order valence-electron chi connectivity index (χ2n) is 5.73. The van der Waals surface area contributed by atoms with Gasteiger partial charge in [-0.3, -0.25) is 9.69 Å². The van der Waals surface area contributed by atoms with Gasteiger partial charge in [-0.05, 0) is 50.9 Å². The van der Waals surface area contributed by atoms with Crippen LogP contribution in [0.25, 0.3) is 0 Å². The Morgan fingerprint density at radius 3 is 3.10 bits per heavy atom. The van der Waals surface area contributed by atoms with Crippen molar-refractivity contribution in [2.75, 3.05) is 18.4 Å². The van der Waals surface area contributed by atoms with E-state index in [-0.39, 0.29) is 12.0 Å². The van der Waals surface area contributed by atoms with Crippen molar-refractivity contribution in [1.82, 2.24) is 4.90 Å². The van der Waals surface area contributed by atoms with E-state index in [4.69, 9.17) is 11.6 Å². The summed E-state index contributed by atoms with van der Waals surface area (Å²) in [5.74, 6) is -0.0000337. The van der Waals surface area contributed by atoms with E-state index in [1.165, 1.54) is 0 Å². The third-order valence-electron chi connectivity index (χ3n) is 3.85. The lowest BCUT2D eigenvalue weighted by Crippen LogP contribution is -2.34. The van der Waals surface area contributed by atoms with Crippen molar-refractivity contribution in [1.29, 1.82) is 0 Å². The summed E-state index contributed by atoms with van der Waals surface area (Å²) < 4.78 is 0. The Kier molecular flexibility index (Phi) is 6.03. The molecule has 2 atom stereocenters. The number of hydrogen-bond donors (Lipinski definition) is 2. The number of nitrogens with zero attached hydrogens (tertiary/aromatic N) is 1. The normalized spacial score (nSPS) is 20.4. The van der Waals surface area contributed by atoms with E-state index in [0.717, 1.165) is 38.0 Å². The van der Waals surface area contributed by atoms with Crippen LogP contribution in [0.4, 0.5) is 5.69 Å². The number of carbonyl (C=O) groups is 1. The summed E-state index contributed by atoms with van der Waals surface area (Å²) in [6.45, 7) is 3.58. The van der Waals surface area contributed by atoms with Gasteiger partial charge in [0.05, 0.1) is 6.10 Å². The Morgan fingerprint density at radius 2 is 2.38 bits per heavy atom. The molecular formula is C16H23ClN2O2. The summed E-state index contributed by atoms with van der Waals surface area (Å²) >= 11 is 5.89. The summed E-state index contributed by atoms with van der Waals surface area (Å²) in [7, 11) is 0. The molecule has 1 fully saturated rings. The molecular weight excluding hydrogens is 288 g/mol. The number of anilines is 1. The quantitative estimate of drug-likeness (QED) is 0.849. The molecule has 0 spiro atoms. The zero-order chi connectivity index (χ0) is 15.2. The average Bonchev–Trinajstić information content (AvgIpc) is 2.83. The molecule has 116 valence electrons. The van der Waals surface area contributed by atoms with Gasteiger partial charge < -0.3 is 10.4 Å². The second kappa shape index (κ2) is 7.78. The van der Waals surface area contributed by atoms with Gasteiger partial charge in [-0.2, -0.15) is 0 Å². The molecule has 2 rings (SSSR count). The zero-order valence-corrected chi connectivity index (χ0v) is 13.1. The summed E-state index contributed by atoms with van der Waals surface area (Å²) in [6.07, 6.45) is 3.23. The molecule has 0 bridgehead atoms. The van der Waals surface area contributed by atoms with Crippen LogP contribution in [0.3, 0.4) is 0 Å². The predicted molar refractivity (Wildman–Crippen MR) is 85.6 cm³/mol. The van der Waals surface area contributed by atoms with Crippen LogP contribution in [0.5, 0.6) is 0 Å². The summed E-state index contributed by atoms with van der Waals surface area (Å²) in [4.78, 5) is 14.3. The van der Waals surface area contributed by atoms with E-state index >= 15 is 0 Å². The first-order valence-electron chi connectivity index (χ1n) is 7.52. The number of amides is 1. The fourth-order valence-electron chi connectivity index (χ4n) is 2.89. The number of carbonyl (C=O) groups excluding carboxylic acids is 1. The van der Waals surface area contributed by atoms with Gasteiger partial charge in [-0.1, -0.05) is 17.7 Å². The van der Waals surface area contributed by atoms with E-state index in [9.17, 15) is 9.90 Å². The maximum absolute atomic E-state index is 12.0. The van der Waals surface area contributed by atoms with Crippen LogP contribution >= 0.6 is 11.6 Å². The molecule has 1 aromatic carbocycles. The Bertz CT molecular complexity index is 479. The molecule has 4 nitrogen and oxygen atoms in total. The molecule has 21 heavy (non-hydrogen) atoms. The minimum atomic E-state index is -0.282. The number of likely N-dealkylation sites (tertiary alicyclic amines) is 1. The maximum Gasteiger partial charge on any atom is 0.225 e. The average molecular weight is 311 g/mol. The van der Waals surface area contributed by atoms with Gasteiger partial charge in [-0.15, -0.1) is 0 Å². The Balaban J connectivity index is 1.78. The number of aliphatic hydroxyl groups is 1. The number of rotatable bonds is 6. The number of halogens is 1. The van der Waals surface area contributed by atoms with Crippen molar-refractivity contribution in [3.05, 3.63) is 29.3 Å². The monoisotopic (exact) mass is 310 g/mol. The molecule has 1 aromatic rings. The number of aliphatic hydroxyl groups excluding tert-OH is 1. The molecule has 0 radical (unpaired) electrons. The molecule has 2 N–H and O–H groups in total. The van der Waals surface area contributed by atoms with Gasteiger partial charge >= 0.3 is 0 Å². The highest BCUT2D eigenvalue weighted by atomic mass is 35.5. The van der Waals surface area contributed by atoms with Crippen molar-refractivity contribution < 1.29 is 9.90 Å². The fourth-order valence-corrected chi connectivity index (χ4v) is 3.08. The fraction of sp³-hybridized carbons (Fsp3) is 0.562. The minimum absolute atomic E-state index is 0.0000337. The number of nitrogens with one attached hydrogen (secondary N) is 1. The SMILES string of the molecule is CC(O)CC1CCCN1CCC(=O)Nc1cccc(Cl)c1. The van der Waals surface area contributed by atoms with Gasteiger partial charge in [0, 0.05) is 29.7 Å². The van der Waals surface area contributed by atoms with Gasteiger partial charge in [0.15, 0.2) is 0 Å². The first-order chi connectivity index (χ1) is 10.0. The molecule has 0 aliphatic carbocycles. The van der Waals surface area contributed by atoms with Crippen LogP contribution < -0.4 is 5.32 Å². The summed E-state index contributed by atoms with van der Waals surface area (Å²) in [5, 5.41) is 13.0. The molecule has 0 saturated carbocycles. The Morgan fingerprint density at radius 1 is 1.57 bits per heavy atom. The Labute approximate surface area is 131 Å². The lowest BCUT2D eigenvalue weighted by molar-refractivity contribution is -0.116. The zero-order valence-electron chi connectivity index (χ0n) is 12.4. The van der Waals surface area contributed by atoms with E-state index in [1.807, 2.05) is 19.1 Å². The largest absolute Gasteiger partial charge is 0.393 e. The van der Waals surface area contributed by atoms with Crippen LogP contribution in [0.15, 0.2) is 24.3 Å². The molecule has 2 unspecified atom stereocenters. The summed E-state index contributed by atoms with van der Waals surface area (Å²) in [5.41, 5.74) is 0.731. The smallest absolute Gasteiger partial charge is 0.225 e. The standard InChI is InChI=1S/C16H23ClN2O2/c1-12(20)10-15-6-3-8-19(15)9-7-16(21)18-14-5-2-4-13(17)11-14/h2,4-5,11-12,15,20H,3,6-10H2,1H3,(H,18,21). The molecule has 1 saturated heterocycles. The second-order valence-corrected chi connectivity index (χ2v) is 6.16. The highest BCUT2D eigenvalue weighted by Gasteiger charge is 2.25. The highest BCUT2D eigenvalue weighted by Crippen LogP contribution is 2.21. The molecule has 1 heterocycles. The van der Waals surface area contributed by atoms with Crippen LogP contribution in [0, 0.1) is 0 Å². The molecule has 5 heteroatoms. The first-order valence-corrected chi connectivity index (χ1v) is 7.90. The maximum atomic E-state index is 12.0. The van der Waals surface area contributed by atoms with Gasteiger partial charge in [0.1, 0.15) is 0 Å². The van der Waals surface area contributed by atoms with Crippen molar-refractivity contribution in [3.8, 4) is 0 Å². The van der Waals surface area contributed by atoms with Crippen LogP contribution in [0.1, 0.15) is 32.6 Å². The molecule has 0 aromatic heterocycles. The lowest BCUT2D eigenvalue weighted by atomic mass is 10.1. The van der Waals surface area contributed by atoms with E-state index < -0.39 is 0 Å². The van der Waals surface area contributed by atoms with Crippen molar-refractivity contribution in [2.24, 2.45) is 0 Å². The molecule has 1 aliphatic rings. The Hall–Kier alpha value is -1.10. The first kappa shape index (κ1) is 16.3. The number of benzene rings is 1. The minimum Gasteiger partial charge on any atom is -0.393 e. The van der Waals surface area contributed by atoms with Crippen molar-refractivity contribution >= 4 is 23.2 Å². The lowest BCUT2D eigenvalue weighted by Gasteiger charge is -2.25.